The molecule has 0 aromatic rings. The standard InChI is InChI=1S/C8H16OS/c1-2-9-7-3-5-8(10)6-4-7/h7-8,10H,2-6H2,1H3. The summed E-state index contributed by atoms with van der Waals surface area (Å²) in [5.41, 5.74) is 0. The van der Waals surface area contributed by atoms with Crippen molar-refractivity contribution in [3.63, 3.8) is 0 Å². The lowest BCUT2D eigenvalue weighted by Crippen LogP contribution is -2.21. The van der Waals surface area contributed by atoms with Crippen molar-refractivity contribution in [3.05, 3.63) is 0 Å². The predicted octanol–water partition coefficient (Wildman–Crippen LogP) is 2.26. The third-order valence-corrected chi connectivity index (χ3v) is 2.56. The van der Waals surface area contributed by atoms with Crippen LogP contribution in [0, 0.1) is 0 Å². The minimum Gasteiger partial charge on any atom is -0.379 e. The van der Waals surface area contributed by atoms with Gasteiger partial charge in [0, 0.05) is 11.9 Å². The van der Waals surface area contributed by atoms with Crippen LogP contribution < -0.4 is 0 Å². The molecule has 1 fully saturated rings. The average Bonchev–Trinajstić information content (AvgIpc) is 1.95. The summed E-state index contributed by atoms with van der Waals surface area (Å²) in [7, 11) is 0. The number of hydrogen-bond donors (Lipinski definition) is 1. The lowest BCUT2D eigenvalue weighted by atomic mass is 9.97. The Labute approximate surface area is 68.6 Å². The van der Waals surface area contributed by atoms with Gasteiger partial charge in [0.05, 0.1) is 6.10 Å². The highest BCUT2D eigenvalue weighted by Crippen LogP contribution is 2.24. The van der Waals surface area contributed by atoms with Gasteiger partial charge in [-0.2, -0.15) is 12.6 Å². The maximum atomic E-state index is 5.50. The molecule has 0 heterocycles. The third kappa shape index (κ3) is 2.51. The summed E-state index contributed by atoms with van der Waals surface area (Å²) in [4.78, 5) is 0. The molecule has 0 amide bonds. The quantitative estimate of drug-likeness (QED) is 0.610. The molecule has 1 rings (SSSR count). The zero-order valence-corrected chi connectivity index (χ0v) is 7.44. The Bertz CT molecular complexity index is 87.3. The molecule has 60 valence electrons. The Morgan fingerprint density at radius 1 is 1.30 bits per heavy atom. The van der Waals surface area contributed by atoms with Gasteiger partial charge >= 0.3 is 0 Å². The molecule has 1 aliphatic rings. The van der Waals surface area contributed by atoms with E-state index in [0.29, 0.717) is 11.4 Å². The summed E-state index contributed by atoms with van der Waals surface area (Å²) >= 11 is 4.41. The molecule has 2 heteroatoms. The molecular formula is C8H16OS. The number of ether oxygens (including phenoxy) is 1. The largest absolute Gasteiger partial charge is 0.379 e. The van der Waals surface area contributed by atoms with Gasteiger partial charge < -0.3 is 4.74 Å². The highest BCUT2D eigenvalue weighted by molar-refractivity contribution is 7.80. The van der Waals surface area contributed by atoms with Crippen molar-refractivity contribution in [1.82, 2.24) is 0 Å². The zero-order chi connectivity index (χ0) is 7.40. The minimum atomic E-state index is 0.536. The maximum absolute atomic E-state index is 5.50. The highest BCUT2D eigenvalue weighted by Gasteiger charge is 2.17. The van der Waals surface area contributed by atoms with Crippen LogP contribution in [0.2, 0.25) is 0 Å². The van der Waals surface area contributed by atoms with E-state index in [2.05, 4.69) is 19.6 Å². The van der Waals surface area contributed by atoms with Crippen molar-refractivity contribution in [1.29, 1.82) is 0 Å². The molecule has 10 heavy (non-hydrogen) atoms. The van der Waals surface area contributed by atoms with Crippen LogP contribution in [0.25, 0.3) is 0 Å². The molecule has 1 aliphatic carbocycles. The molecule has 0 bridgehead atoms. The Kier molecular flexibility index (Phi) is 3.57. The molecule has 0 saturated heterocycles. The molecule has 0 unspecified atom stereocenters. The second-order valence-corrected chi connectivity index (χ2v) is 3.62. The van der Waals surface area contributed by atoms with Gasteiger partial charge in [0.25, 0.3) is 0 Å². The van der Waals surface area contributed by atoms with Gasteiger partial charge in [-0.1, -0.05) is 0 Å². The van der Waals surface area contributed by atoms with Gasteiger partial charge in [-0.05, 0) is 32.6 Å². The van der Waals surface area contributed by atoms with E-state index < -0.39 is 0 Å². The molecule has 0 atom stereocenters. The second kappa shape index (κ2) is 4.24. The summed E-state index contributed by atoms with van der Waals surface area (Å²) in [5.74, 6) is 0. The maximum Gasteiger partial charge on any atom is 0.0575 e. The highest BCUT2D eigenvalue weighted by atomic mass is 32.1. The van der Waals surface area contributed by atoms with Gasteiger partial charge in [-0.25, -0.2) is 0 Å². The van der Waals surface area contributed by atoms with Gasteiger partial charge in [0.2, 0.25) is 0 Å². The Balaban J connectivity index is 2.13. The lowest BCUT2D eigenvalue weighted by molar-refractivity contribution is 0.0380. The fourth-order valence-corrected chi connectivity index (χ4v) is 1.75. The van der Waals surface area contributed by atoms with Crippen molar-refractivity contribution in [2.75, 3.05) is 6.61 Å². The first kappa shape index (κ1) is 8.41. The van der Waals surface area contributed by atoms with Crippen LogP contribution in [0.4, 0.5) is 0 Å². The van der Waals surface area contributed by atoms with Crippen LogP contribution in [0.1, 0.15) is 32.6 Å². The first-order valence-corrected chi connectivity index (χ1v) is 4.64. The molecule has 1 nitrogen and oxygen atoms in total. The van der Waals surface area contributed by atoms with Crippen LogP contribution in [0.3, 0.4) is 0 Å². The van der Waals surface area contributed by atoms with Gasteiger partial charge in [-0.3, -0.25) is 0 Å². The summed E-state index contributed by atoms with van der Waals surface area (Å²) in [5, 5.41) is 0.636. The van der Waals surface area contributed by atoms with E-state index in [1.54, 1.807) is 0 Å². The smallest absolute Gasteiger partial charge is 0.0575 e. The predicted molar refractivity (Wildman–Crippen MR) is 46.7 cm³/mol. The van der Waals surface area contributed by atoms with E-state index in [4.69, 9.17) is 4.74 Å². The number of thiol groups is 1. The first-order chi connectivity index (χ1) is 4.83. The van der Waals surface area contributed by atoms with E-state index in [1.807, 2.05) is 0 Å². The minimum absolute atomic E-state index is 0.536. The van der Waals surface area contributed by atoms with Crippen LogP contribution in [0.5, 0.6) is 0 Å². The number of rotatable bonds is 2. The Morgan fingerprint density at radius 3 is 2.40 bits per heavy atom. The van der Waals surface area contributed by atoms with E-state index in [-0.39, 0.29) is 0 Å². The van der Waals surface area contributed by atoms with E-state index in [1.165, 1.54) is 25.7 Å². The number of hydrogen-bond acceptors (Lipinski definition) is 2. The molecule has 0 aliphatic heterocycles. The normalized spacial score (nSPS) is 34.2. The molecule has 0 N–H and O–H groups in total. The fourth-order valence-electron chi connectivity index (χ4n) is 1.45. The average molecular weight is 160 g/mol. The van der Waals surface area contributed by atoms with Crippen molar-refractivity contribution in [3.8, 4) is 0 Å². The van der Waals surface area contributed by atoms with E-state index >= 15 is 0 Å². The fraction of sp³-hybridized carbons (Fsp3) is 1.00. The summed E-state index contributed by atoms with van der Waals surface area (Å²) in [6.07, 6.45) is 5.42. The van der Waals surface area contributed by atoms with Gasteiger partial charge in [0.1, 0.15) is 0 Å². The van der Waals surface area contributed by atoms with Crippen molar-refractivity contribution in [2.45, 2.75) is 44.0 Å². The third-order valence-electron chi connectivity index (χ3n) is 2.05. The topological polar surface area (TPSA) is 9.23 Å². The summed E-state index contributed by atoms with van der Waals surface area (Å²) in [6, 6.07) is 0. The molecular weight excluding hydrogens is 144 g/mol. The summed E-state index contributed by atoms with van der Waals surface area (Å²) in [6.45, 7) is 2.93. The van der Waals surface area contributed by atoms with Crippen LogP contribution in [-0.2, 0) is 4.74 Å². The monoisotopic (exact) mass is 160 g/mol. The first-order valence-electron chi connectivity index (χ1n) is 4.12. The summed E-state index contributed by atoms with van der Waals surface area (Å²) < 4.78 is 5.50. The molecule has 0 aromatic carbocycles. The van der Waals surface area contributed by atoms with Gasteiger partial charge in [0.15, 0.2) is 0 Å². The van der Waals surface area contributed by atoms with Crippen molar-refractivity contribution < 1.29 is 4.74 Å². The lowest BCUT2D eigenvalue weighted by Gasteiger charge is -2.25. The van der Waals surface area contributed by atoms with Crippen molar-refractivity contribution in [2.24, 2.45) is 0 Å². The molecule has 0 spiro atoms. The Hall–Kier alpha value is 0.310. The molecule has 0 aromatic heterocycles. The SMILES string of the molecule is CCOC1CCC(S)CC1. The van der Waals surface area contributed by atoms with E-state index in [0.717, 1.165) is 6.61 Å². The molecule has 1 saturated carbocycles. The van der Waals surface area contributed by atoms with Crippen molar-refractivity contribution >= 4 is 12.6 Å². The zero-order valence-electron chi connectivity index (χ0n) is 6.55. The van der Waals surface area contributed by atoms with E-state index in [9.17, 15) is 0 Å². The Morgan fingerprint density at radius 2 is 1.90 bits per heavy atom. The van der Waals surface area contributed by atoms with Crippen LogP contribution in [-0.4, -0.2) is 18.0 Å². The van der Waals surface area contributed by atoms with Crippen LogP contribution >= 0.6 is 12.6 Å². The second-order valence-electron chi connectivity index (χ2n) is 2.89. The van der Waals surface area contributed by atoms with Gasteiger partial charge in [-0.15, -0.1) is 0 Å². The molecule has 0 radical (unpaired) electrons. The van der Waals surface area contributed by atoms with Crippen LogP contribution in [0.15, 0.2) is 0 Å².